The largest absolute Gasteiger partial charge is 0.327 e. The Bertz CT molecular complexity index is 890. The van der Waals surface area contributed by atoms with Crippen molar-refractivity contribution in [2.45, 2.75) is 47.2 Å². The van der Waals surface area contributed by atoms with Gasteiger partial charge in [-0.3, -0.25) is 9.48 Å². The summed E-state index contributed by atoms with van der Waals surface area (Å²) >= 11 is 0. The van der Waals surface area contributed by atoms with E-state index in [-0.39, 0.29) is 5.91 Å². The van der Waals surface area contributed by atoms with E-state index in [0.717, 1.165) is 40.5 Å². The molecule has 0 fully saturated rings. The lowest BCUT2D eigenvalue weighted by molar-refractivity contribution is -0.115. The van der Waals surface area contributed by atoms with Gasteiger partial charge in [0, 0.05) is 24.3 Å². The van der Waals surface area contributed by atoms with Gasteiger partial charge in [0.25, 0.3) is 0 Å². The third kappa shape index (κ3) is 3.04. The summed E-state index contributed by atoms with van der Waals surface area (Å²) in [6.45, 7) is 9.47. The maximum atomic E-state index is 11.6. The number of aromatic nitrogens is 4. The van der Waals surface area contributed by atoms with Gasteiger partial charge in [-0.25, -0.2) is 4.98 Å². The zero-order valence-electron chi connectivity index (χ0n) is 14.6. The lowest BCUT2D eigenvalue weighted by Crippen LogP contribution is -2.10. The highest BCUT2D eigenvalue weighted by Crippen LogP contribution is 2.21. The lowest BCUT2D eigenvalue weighted by atomic mass is 10.2. The lowest BCUT2D eigenvalue weighted by Gasteiger charge is -2.08. The van der Waals surface area contributed by atoms with Gasteiger partial charge >= 0.3 is 0 Å². The first-order valence-corrected chi connectivity index (χ1v) is 8.31. The molecule has 1 amide bonds. The second-order valence-electron chi connectivity index (χ2n) is 5.96. The highest BCUT2D eigenvalue weighted by molar-refractivity contribution is 5.92. The Morgan fingerprint density at radius 1 is 1.21 bits per heavy atom. The van der Waals surface area contributed by atoms with E-state index < -0.39 is 0 Å². The van der Waals surface area contributed by atoms with Crippen LogP contribution in [-0.4, -0.2) is 25.2 Å². The maximum Gasteiger partial charge on any atom is 0.224 e. The first kappa shape index (κ1) is 16.2. The van der Waals surface area contributed by atoms with Crippen LogP contribution in [0, 0.1) is 13.8 Å². The summed E-state index contributed by atoms with van der Waals surface area (Å²) in [5.74, 6) is 0.977. The first-order chi connectivity index (χ1) is 11.5. The highest BCUT2D eigenvalue weighted by atomic mass is 16.1. The van der Waals surface area contributed by atoms with Crippen molar-refractivity contribution in [2.75, 3.05) is 5.32 Å². The second kappa shape index (κ2) is 6.47. The van der Waals surface area contributed by atoms with Crippen LogP contribution in [0.15, 0.2) is 24.3 Å². The number of amides is 1. The molecule has 1 N–H and O–H groups in total. The predicted octanol–water partition coefficient (Wildman–Crippen LogP) is 3.27. The molecule has 0 bridgehead atoms. The summed E-state index contributed by atoms with van der Waals surface area (Å²) in [5.41, 5.74) is 4.88. The smallest absolute Gasteiger partial charge is 0.224 e. The standard InChI is InChI=1S/C18H23N5O/c1-5-18(24)19-14-7-8-16-15(10-14)20-17(22(16)6-2)11-23-13(4)9-12(3)21-23/h7-10H,5-6,11H2,1-4H3,(H,19,24). The fourth-order valence-corrected chi connectivity index (χ4v) is 2.95. The van der Waals surface area contributed by atoms with Crippen LogP contribution in [0.2, 0.25) is 0 Å². The van der Waals surface area contributed by atoms with Crippen molar-refractivity contribution in [2.24, 2.45) is 0 Å². The average molecular weight is 325 g/mol. The van der Waals surface area contributed by atoms with E-state index in [9.17, 15) is 4.79 Å². The zero-order valence-corrected chi connectivity index (χ0v) is 14.6. The van der Waals surface area contributed by atoms with Crippen LogP contribution in [0.25, 0.3) is 11.0 Å². The van der Waals surface area contributed by atoms with E-state index in [1.165, 1.54) is 0 Å². The minimum atomic E-state index is 0.00661. The van der Waals surface area contributed by atoms with Crippen LogP contribution < -0.4 is 5.32 Å². The Morgan fingerprint density at radius 2 is 2.00 bits per heavy atom. The van der Waals surface area contributed by atoms with Crippen LogP contribution in [-0.2, 0) is 17.9 Å². The molecule has 0 aliphatic carbocycles. The third-order valence-corrected chi connectivity index (χ3v) is 4.14. The fourth-order valence-electron chi connectivity index (χ4n) is 2.95. The van der Waals surface area contributed by atoms with Gasteiger partial charge in [-0.1, -0.05) is 6.92 Å². The number of nitrogens with zero attached hydrogens (tertiary/aromatic N) is 4. The van der Waals surface area contributed by atoms with E-state index in [4.69, 9.17) is 4.98 Å². The van der Waals surface area contributed by atoms with Gasteiger partial charge in [0.05, 0.1) is 23.3 Å². The van der Waals surface area contributed by atoms with Crippen molar-refractivity contribution in [1.82, 2.24) is 19.3 Å². The molecule has 0 saturated heterocycles. The van der Waals surface area contributed by atoms with Gasteiger partial charge in [-0.2, -0.15) is 5.10 Å². The Kier molecular flexibility index (Phi) is 4.38. The molecule has 0 spiro atoms. The maximum absolute atomic E-state index is 11.6. The number of rotatable bonds is 5. The molecular weight excluding hydrogens is 302 g/mol. The Labute approximate surface area is 141 Å². The highest BCUT2D eigenvalue weighted by Gasteiger charge is 2.13. The number of benzene rings is 1. The molecule has 1 aromatic carbocycles. The quantitative estimate of drug-likeness (QED) is 0.783. The van der Waals surface area contributed by atoms with Gasteiger partial charge in [-0.15, -0.1) is 0 Å². The number of nitrogens with one attached hydrogen (secondary N) is 1. The Hall–Kier alpha value is -2.63. The average Bonchev–Trinajstić information content (AvgIpc) is 3.05. The van der Waals surface area contributed by atoms with Crippen LogP contribution in [0.5, 0.6) is 0 Å². The first-order valence-electron chi connectivity index (χ1n) is 8.31. The molecule has 2 heterocycles. The molecule has 0 unspecified atom stereocenters. The number of carbonyl (C=O) groups is 1. The van der Waals surface area contributed by atoms with Crippen LogP contribution >= 0.6 is 0 Å². The minimum absolute atomic E-state index is 0.00661. The molecule has 3 aromatic rings. The summed E-state index contributed by atoms with van der Waals surface area (Å²) in [4.78, 5) is 16.4. The SMILES string of the molecule is CCC(=O)Nc1ccc2c(c1)nc(Cn1nc(C)cc1C)n2CC. The molecule has 0 aliphatic heterocycles. The topological polar surface area (TPSA) is 64.7 Å². The monoisotopic (exact) mass is 325 g/mol. The van der Waals surface area contributed by atoms with E-state index in [1.54, 1.807) is 0 Å². The summed E-state index contributed by atoms with van der Waals surface area (Å²) < 4.78 is 4.17. The van der Waals surface area contributed by atoms with E-state index in [2.05, 4.69) is 34.9 Å². The third-order valence-electron chi connectivity index (χ3n) is 4.14. The molecule has 126 valence electrons. The molecule has 0 saturated carbocycles. The number of anilines is 1. The summed E-state index contributed by atoms with van der Waals surface area (Å²) in [5, 5.41) is 7.41. The molecule has 0 radical (unpaired) electrons. The molecular formula is C18H23N5O. The Balaban J connectivity index is 1.98. The molecule has 0 atom stereocenters. The molecule has 2 aromatic heterocycles. The van der Waals surface area contributed by atoms with Gasteiger partial charge < -0.3 is 9.88 Å². The van der Waals surface area contributed by atoms with Crippen molar-refractivity contribution in [3.8, 4) is 0 Å². The number of imidazole rings is 1. The molecule has 0 aliphatic rings. The van der Waals surface area contributed by atoms with Gasteiger partial charge in [0.1, 0.15) is 5.82 Å². The summed E-state index contributed by atoms with van der Waals surface area (Å²) in [7, 11) is 0. The fraction of sp³-hybridized carbons (Fsp3) is 0.389. The van der Waals surface area contributed by atoms with Crippen molar-refractivity contribution in [3.63, 3.8) is 0 Å². The van der Waals surface area contributed by atoms with Crippen molar-refractivity contribution < 1.29 is 4.79 Å². The molecule has 6 nitrogen and oxygen atoms in total. The van der Waals surface area contributed by atoms with Gasteiger partial charge in [-0.05, 0) is 45.0 Å². The number of carbonyl (C=O) groups excluding carboxylic acids is 1. The number of aryl methyl sites for hydroxylation is 3. The zero-order chi connectivity index (χ0) is 17.3. The normalized spacial score (nSPS) is 11.2. The second-order valence-corrected chi connectivity index (χ2v) is 5.96. The Morgan fingerprint density at radius 3 is 2.62 bits per heavy atom. The van der Waals surface area contributed by atoms with Crippen LogP contribution in [0.4, 0.5) is 5.69 Å². The van der Waals surface area contributed by atoms with Crippen LogP contribution in [0.1, 0.15) is 37.5 Å². The molecule has 6 heteroatoms. The number of hydrogen-bond acceptors (Lipinski definition) is 3. The summed E-state index contributed by atoms with van der Waals surface area (Å²) in [6.07, 6.45) is 0.463. The van der Waals surface area contributed by atoms with E-state index >= 15 is 0 Å². The number of hydrogen-bond donors (Lipinski definition) is 1. The van der Waals surface area contributed by atoms with E-state index in [1.807, 2.05) is 36.7 Å². The van der Waals surface area contributed by atoms with Gasteiger partial charge in [0.15, 0.2) is 0 Å². The van der Waals surface area contributed by atoms with E-state index in [0.29, 0.717) is 13.0 Å². The van der Waals surface area contributed by atoms with Crippen molar-refractivity contribution >= 4 is 22.6 Å². The minimum Gasteiger partial charge on any atom is -0.327 e. The molecule has 24 heavy (non-hydrogen) atoms. The predicted molar refractivity (Wildman–Crippen MR) is 95.1 cm³/mol. The van der Waals surface area contributed by atoms with Crippen molar-refractivity contribution in [1.29, 1.82) is 0 Å². The van der Waals surface area contributed by atoms with Crippen molar-refractivity contribution in [3.05, 3.63) is 41.5 Å². The van der Waals surface area contributed by atoms with Crippen LogP contribution in [0.3, 0.4) is 0 Å². The molecule has 3 rings (SSSR count). The summed E-state index contributed by atoms with van der Waals surface area (Å²) in [6, 6.07) is 7.94. The number of fused-ring (bicyclic) bond motifs is 1. The van der Waals surface area contributed by atoms with Gasteiger partial charge in [0.2, 0.25) is 5.91 Å².